The minimum Gasteiger partial charge on any atom is -0.397 e. The second kappa shape index (κ2) is 32.3. The first kappa shape index (κ1) is 57.7. The molecule has 57 heavy (non-hydrogen) atoms. The van der Waals surface area contributed by atoms with Gasteiger partial charge in [-0.3, -0.25) is 9.80 Å². The zero-order valence-electron chi connectivity index (χ0n) is 39.3. The van der Waals surface area contributed by atoms with Crippen LogP contribution in [0, 0.1) is 11.8 Å². The molecule has 0 spiro atoms. The van der Waals surface area contributed by atoms with Gasteiger partial charge in [0, 0.05) is 96.3 Å². The highest BCUT2D eigenvalue weighted by Gasteiger charge is 2.52. The fourth-order valence-electron chi connectivity index (χ4n) is 8.06. The average molecular weight is 906 g/mol. The molecule has 0 bridgehead atoms. The Morgan fingerprint density at radius 3 is 1.05 bits per heavy atom. The summed E-state index contributed by atoms with van der Waals surface area (Å²) < 4.78 is 57.5. The van der Waals surface area contributed by atoms with Gasteiger partial charge in [-0.25, -0.2) is 0 Å². The molecule has 4 atom stereocenters. The molecule has 2 radical (unpaired) electrons. The predicted octanol–water partition coefficient (Wildman–Crippen LogP) is 5.91. The minimum absolute atomic E-state index is 0.244. The Hall–Kier alpha value is 0.658. The van der Waals surface area contributed by atoms with Crippen LogP contribution in [0.3, 0.4) is 0 Å². The molecule has 0 saturated carbocycles. The second-order valence-corrected chi connectivity index (χ2v) is 26.4. The van der Waals surface area contributed by atoms with Crippen LogP contribution in [0.1, 0.15) is 80.1 Å². The van der Waals surface area contributed by atoms with Crippen LogP contribution in [-0.2, 0) is 44.3 Å². The van der Waals surface area contributed by atoms with Gasteiger partial charge in [0.05, 0.1) is 9.74 Å². The van der Waals surface area contributed by atoms with Crippen molar-refractivity contribution in [3.05, 3.63) is 0 Å². The standard InChI is InChI=1S/C38H88N4O10SSi4/c1-17-41(18-2)37(35(5)25-21-29-54(43-7)44-8,33-39-27-23-31-56(47-11,48-12)49-13)53-38(42(19-3)20-4,36(6)26-22-30-55(45-9)46-10)34-40-28-24-32-57(50-14,51-15)52-16/h35-36,39-40H,17-34H2,1-16H3. The van der Waals surface area contributed by atoms with Gasteiger partial charge in [-0.2, -0.15) is 0 Å². The van der Waals surface area contributed by atoms with Crippen molar-refractivity contribution in [3.8, 4) is 0 Å². The largest absolute Gasteiger partial charge is 0.500 e. The van der Waals surface area contributed by atoms with E-state index in [9.17, 15) is 0 Å². The van der Waals surface area contributed by atoms with Crippen LogP contribution in [-0.4, -0.2) is 179 Å². The molecule has 0 rings (SSSR count). The molecule has 342 valence electrons. The van der Waals surface area contributed by atoms with Crippen molar-refractivity contribution in [2.45, 2.75) is 114 Å². The van der Waals surface area contributed by atoms with Crippen LogP contribution in [0.4, 0.5) is 0 Å². The number of nitrogens with one attached hydrogen (secondary N) is 2. The smallest absolute Gasteiger partial charge is 0.397 e. The lowest BCUT2D eigenvalue weighted by atomic mass is 9.93. The lowest BCUT2D eigenvalue weighted by Gasteiger charge is -2.56. The van der Waals surface area contributed by atoms with E-state index in [2.05, 4.69) is 73.7 Å². The van der Waals surface area contributed by atoms with Crippen molar-refractivity contribution >= 4 is 47.9 Å². The summed E-state index contributed by atoms with van der Waals surface area (Å²) >= 11 is 2.20. The van der Waals surface area contributed by atoms with E-state index < -0.39 is 36.2 Å². The lowest BCUT2D eigenvalue weighted by Crippen LogP contribution is -2.65. The number of rotatable bonds is 40. The molecule has 0 aliphatic carbocycles. The zero-order chi connectivity index (χ0) is 43.4. The van der Waals surface area contributed by atoms with Crippen molar-refractivity contribution < 1.29 is 44.3 Å². The van der Waals surface area contributed by atoms with Crippen molar-refractivity contribution in [1.82, 2.24) is 20.4 Å². The maximum atomic E-state index is 5.77. The Morgan fingerprint density at radius 1 is 0.509 bits per heavy atom. The Bertz CT molecular complexity index is 871. The molecule has 0 aromatic carbocycles. The van der Waals surface area contributed by atoms with E-state index in [1.165, 1.54) is 0 Å². The molecular weight excluding hydrogens is 817 g/mol. The van der Waals surface area contributed by atoms with Gasteiger partial charge in [-0.05, 0) is 88.9 Å². The molecule has 0 saturated heterocycles. The quantitative estimate of drug-likeness (QED) is 0.0431. The SMILES string of the molecule is CCN(CC)C(CNCCC[Si](OC)(OC)OC)(SC(CNCCC[Si](OC)(OC)OC)(C(C)CCC[Si](OC)OC)N(CC)CC)C(C)CCC[Si](OC)OC. The maximum absolute atomic E-state index is 5.77. The van der Waals surface area contributed by atoms with Gasteiger partial charge in [0.25, 0.3) is 0 Å². The first-order valence-electron chi connectivity index (χ1n) is 21.2. The monoisotopic (exact) mass is 905 g/mol. The normalized spacial score (nSPS) is 16.2. The number of thioether (sulfide) groups is 1. The van der Waals surface area contributed by atoms with Gasteiger partial charge in [0.15, 0.2) is 0 Å². The van der Waals surface area contributed by atoms with Crippen LogP contribution in [0.2, 0.25) is 24.2 Å². The Morgan fingerprint density at radius 2 is 0.807 bits per heavy atom. The van der Waals surface area contributed by atoms with Crippen LogP contribution >= 0.6 is 11.8 Å². The van der Waals surface area contributed by atoms with E-state index in [4.69, 9.17) is 44.3 Å². The number of likely N-dealkylation sites (N-methyl/N-ethyl adjacent to an activating group) is 2. The Balaban J connectivity index is 7.28. The van der Waals surface area contributed by atoms with Crippen molar-refractivity contribution in [1.29, 1.82) is 0 Å². The van der Waals surface area contributed by atoms with Crippen molar-refractivity contribution in [3.63, 3.8) is 0 Å². The third-order valence-electron chi connectivity index (χ3n) is 11.7. The van der Waals surface area contributed by atoms with Crippen LogP contribution in [0.15, 0.2) is 0 Å². The van der Waals surface area contributed by atoms with E-state index in [0.717, 1.165) is 115 Å². The molecule has 19 heteroatoms. The van der Waals surface area contributed by atoms with Crippen LogP contribution in [0.5, 0.6) is 0 Å². The van der Waals surface area contributed by atoms with Crippen molar-refractivity contribution in [2.24, 2.45) is 11.8 Å². The topological polar surface area (TPSA) is 123 Å². The van der Waals surface area contributed by atoms with Gasteiger partial charge in [0.1, 0.15) is 0 Å². The summed E-state index contributed by atoms with van der Waals surface area (Å²) in [6.07, 6.45) is 5.97. The van der Waals surface area contributed by atoms with E-state index in [0.29, 0.717) is 11.8 Å². The third kappa shape index (κ3) is 18.1. The average Bonchev–Trinajstić information content (AvgIpc) is 3.24. The molecule has 0 aromatic rings. The fourth-order valence-corrected chi connectivity index (χ4v) is 16.0. The number of hydrogen-bond donors (Lipinski definition) is 2. The predicted molar refractivity (Wildman–Crippen MR) is 243 cm³/mol. The van der Waals surface area contributed by atoms with Gasteiger partial charge in [-0.15, -0.1) is 11.8 Å². The highest BCUT2D eigenvalue weighted by atomic mass is 32.2. The molecule has 0 fully saturated rings. The van der Waals surface area contributed by atoms with Crippen molar-refractivity contribution in [2.75, 3.05) is 123 Å². The minimum atomic E-state index is -2.68. The third-order valence-corrected chi connectivity index (χ3v) is 23.1. The summed E-state index contributed by atoms with van der Waals surface area (Å²) in [4.78, 5) is 4.96. The summed E-state index contributed by atoms with van der Waals surface area (Å²) in [7, 11) is 9.28. The summed E-state index contributed by atoms with van der Waals surface area (Å²) in [5, 5.41) is 7.98. The highest BCUT2D eigenvalue weighted by molar-refractivity contribution is 8.02. The number of hydrogen-bond acceptors (Lipinski definition) is 15. The molecule has 4 unspecified atom stereocenters. The number of nitrogens with zero attached hydrogens (tertiary/aromatic N) is 2. The summed E-state index contributed by atoms with van der Waals surface area (Å²) in [6.45, 7) is 21.3. The molecule has 14 nitrogen and oxygen atoms in total. The summed E-state index contributed by atoms with van der Waals surface area (Å²) in [5.74, 6) is 0.681. The van der Waals surface area contributed by atoms with E-state index in [-0.39, 0.29) is 9.74 Å². The Labute approximate surface area is 360 Å². The first-order chi connectivity index (χ1) is 27.4. The highest BCUT2D eigenvalue weighted by Crippen LogP contribution is 2.51. The fraction of sp³-hybridized carbons (Fsp3) is 1.00. The summed E-state index contributed by atoms with van der Waals surface area (Å²) in [5.41, 5.74) is 0. The molecule has 2 N–H and O–H groups in total. The van der Waals surface area contributed by atoms with Gasteiger partial charge < -0.3 is 54.9 Å². The maximum Gasteiger partial charge on any atom is 0.500 e. The van der Waals surface area contributed by atoms with Gasteiger partial charge in [0.2, 0.25) is 0 Å². The van der Waals surface area contributed by atoms with Gasteiger partial charge >= 0.3 is 36.2 Å². The van der Waals surface area contributed by atoms with E-state index >= 15 is 0 Å². The molecule has 0 heterocycles. The van der Waals surface area contributed by atoms with E-state index in [1.54, 1.807) is 71.1 Å². The Kier molecular flexibility index (Phi) is 32.7. The molecule has 0 amide bonds. The molecule has 0 aromatic heterocycles. The van der Waals surface area contributed by atoms with Crippen LogP contribution in [0.25, 0.3) is 0 Å². The van der Waals surface area contributed by atoms with E-state index in [1.807, 2.05) is 0 Å². The zero-order valence-corrected chi connectivity index (χ0v) is 44.1. The molecule has 0 aliphatic heterocycles. The molecule has 0 aliphatic rings. The second-order valence-electron chi connectivity index (χ2n) is 14.4. The summed E-state index contributed by atoms with van der Waals surface area (Å²) in [6, 6.07) is 3.39. The van der Waals surface area contributed by atoms with Gasteiger partial charge in [-0.1, -0.05) is 54.4 Å². The lowest BCUT2D eigenvalue weighted by molar-refractivity contribution is 0.0931. The van der Waals surface area contributed by atoms with Crippen LogP contribution < -0.4 is 10.6 Å². The molecular formula is C38H88N4O10SSi4. The first-order valence-corrected chi connectivity index (χ1v) is 28.9.